The zero-order valence-electron chi connectivity index (χ0n) is 17.9. The number of fused-ring (bicyclic) bond motifs is 1. The Labute approximate surface area is 186 Å². The maximum absolute atomic E-state index is 12.9. The van der Waals surface area contributed by atoms with E-state index in [1.807, 2.05) is 75.4 Å². The molecule has 0 aromatic heterocycles. The van der Waals surface area contributed by atoms with E-state index >= 15 is 0 Å². The standard InChI is InChI=1S/C25H25N3O2S/c1-4-28-24(30)22(15-23(29)26-19-13-16(2)12-17(3)14-19)31-25(28)27-21-11-7-9-18-8-5-6-10-20(18)21/h5-14,22H,4,15H2,1-3H3,(H,26,29). The molecule has 0 radical (unpaired) electrons. The van der Waals surface area contributed by atoms with Crippen molar-refractivity contribution < 1.29 is 9.59 Å². The SMILES string of the molecule is CCN1C(=O)C(CC(=O)Nc2cc(C)cc(C)c2)SC1=Nc1cccc2ccccc12. The molecule has 1 heterocycles. The van der Waals surface area contributed by atoms with Crippen molar-refractivity contribution in [1.29, 1.82) is 0 Å². The number of nitrogens with zero attached hydrogens (tertiary/aromatic N) is 2. The second-order valence-electron chi connectivity index (χ2n) is 7.71. The van der Waals surface area contributed by atoms with Crippen LogP contribution in [0.25, 0.3) is 10.8 Å². The van der Waals surface area contributed by atoms with E-state index in [9.17, 15) is 9.59 Å². The molecule has 0 bridgehead atoms. The van der Waals surface area contributed by atoms with Crippen molar-refractivity contribution >= 4 is 50.9 Å². The fraction of sp³-hybridized carbons (Fsp3) is 0.240. The molecule has 3 aromatic carbocycles. The Morgan fingerprint density at radius 3 is 2.52 bits per heavy atom. The van der Waals surface area contributed by atoms with Crippen LogP contribution in [-0.4, -0.2) is 33.7 Å². The van der Waals surface area contributed by atoms with Crippen LogP contribution in [0.5, 0.6) is 0 Å². The van der Waals surface area contributed by atoms with Gasteiger partial charge in [-0.15, -0.1) is 0 Å². The van der Waals surface area contributed by atoms with E-state index in [1.165, 1.54) is 11.8 Å². The van der Waals surface area contributed by atoms with E-state index in [2.05, 4.69) is 11.4 Å². The average molecular weight is 432 g/mol. The van der Waals surface area contributed by atoms with Crippen LogP contribution in [0.4, 0.5) is 11.4 Å². The molecule has 5 nitrogen and oxygen atoms in total. The molecule has 0 spiro atoms. The largest absolute Gasteiger partial charge is 0.326 e. The first kappa shape index (κ1) is 21.1. The van der Waals surface area contributed by atoms with Gasteiger partial charge in [0.15, 0.2) is 5.17 Å². The lowest BCUT2D eigenvalue weighted by atomic mass is 10.1. The highest BCUT2D eigenvalue weighted by atomic mass is 32.2. The molecule has 1 saturated heterocycles. The van der Waals surface area contributed by atoms with Gasteiger partial charge in [-0.25, -0.2) is 4.99 Å². The Morgan fingerprint density at radius 2 is 1.77 bits per heavy atom. The molecule has 158 valence electrons. The van der Waals surface area contributed by atoms with Gasteiger partial charge in [-0.3, -0.25) is 14.5 Å². The Morgan fingerprint density at radius 1 is 1.06 bits per heavy atom. The molecule has 1 unspecified atom stereocenters. The summed E-state index contributed by atoms with van der Waals surface area (Å²) in [6, 6.07) is 19.9. The lowest BCUT2D eigenvalue weighted by molar-refractivity contribution is -0.128. The predicted octanol–water partition coefficient (Wildman–Crippen LogP) is 5.44. The van der Waals surface area contributed by atoms with Crippen molar-refractivity contribution in [3.05, 3.63) is 71.8 Å². The number of benzene rings is 3. The van der Waals surface area contributed by atoms with Crippen LogP contribution in [-0.2, 0) is 9.59 Å². The summed E-state index contributed by atoms with van der Waals surface area (Å²) in [5.41, 5.74) is 3.76. The second-order valence-corrected chi connectivity index (χ2v) is 8.88. The number of hydrogen-bond donors (Lipinski definition) is 1. The van der Waals surface area contributed by atoms with Gasteiger partial charge in [0.1, 0.15) is 5.25 Å². The third kappa shape index (κ3) is 4.64. The summed E-state index contributed by atoms with van der Waals surface area (Å²) in [5.74, 6) is -0.236. The fourth-order valence-electron chi connectivity index (χ4n) is 3.85. The van der Waals surface area contributed by atoms with Gasteiger partial charge in [0.25, 0.3) is 0 Å². The van der Waals surface area contributed by atoms with Crippen LogP contribution >= 0.6 is 11.8 Å². The minimum Gasteiger partial charge on any atom is -0.326 e. The monoisotopic (exact) mass is 431 g/mol. The molecule has 31 heavy (non-hydrogen) atoms. The van der Waals surface area contributed by atoms with Gasteiger partial charge in [-0.2, -0.15) is 0 Å². The zero-order valence-corrected chi connectivity index (χ0v) is 18.7. The number of amides is 2. The number of anilines is 1. The molecule has 1 fully saturated rings. The van der Waals surface area contributed by atoms with Gasteiger partial charge in [0.2, 0.25) is 11.8 Å². The van der Waals surface area contributed by atoms with Gasteiger partial charge in [0, 0.05) is 24.0 Å². The van der Waals surface area contributed by atoms with E-state index < -0.39 is 5.25 Å². The molecular formula is C25H25N3O2S. The number of aryl methyl sites for hydroxylation is 2. The number of thioether (sulfide) groups is 1. The number of nitrogens with one attached hydrogen (secondary N) is 1. The summed E-state index contributed by atoms with van der Waals surface area (Å²) in [6.45, 7) is 6.43. The summed E-state index contributed by atoms with van der Waals surface area (Å²) in [6.07, 6.45) is 0.113. The molecule has 1 aliphatic rings. The van der Waals surface area contributed by atoms with Gasteiger partial charge >= 0.3 is 0 Å². The molecule has 4 rings (SSSR count). The normalized spacial score (nSPS) is 17.5. The number of rotatable bonds is 5. The molecule has 0 saturated carbocycles. The summed E-state index contributed by atoms with van der Waals surface area (Å²) in [7, 11) is 0. The maximum Gasteiger partial charge on any atom is 0.242 e. The van der Waals surface area contributed by atoms with Crippen LogP contribution < -0.4 is 5.32 Å². The van der Waals surface area contributed by atoms with E-state index in [1.54, 1.807) is 4.90 Å². The lowest BCUT2D eigenvalue weighted by Gasteiger charge is -2.14. The van der Waals surface area contributed by atoms with E-state index in [0.29, 0.717) is 11.7 Å². The van der Waals surface area contributed by atoms with Gasteiger partial charge in [0.05, 0.1) is 5.69 Å². The van der Waals surface area contributed by atoms with Crippen molar-refractivity contribution in [2.45, 2.75) is 32.4 Å². The zero-order chi connectivity index (χ0) is 22.0. The molecule has 6 heteroatoms. The van der Waals surface area contributed by atoms with Crippen LogP contribution in [0.15, 0.2) is 65.7 Å². The summed E-state index contributed by atoms with van der Waals surface area (Å²) < 4.78 is 0. The third-order valence-corrected chi connectivity index (χ3v) is 6.37. The highest BCUT2D eigenvalue weighted by Gasteiger charge is 2.38. The number of hydrogen-bond acceptors (Lipinski definition) is 4. The van der Waals surface area contributed by atoms with Crippen molar-refractivity contribution in [2.75, 3.05) is 11.9 Å². The van der Waals surface area contributed by atoms with E-state index in [0.717, 1.165) is 33.3 Å². The maximum atomic E-state index is 12.9. The number of aliphatic imine (C=N–C) groups is 1. The number of carbonyl (C=O) groups is 2. The quantitative estimate of drug-likeness (QED) is 0.585. The predicted molar refractivity (Wildman–Crippen MR) is 129 cm³/mol. The van der Waals surface area contributed by atoms with Crippen LogP contribution in [0.1, 0.15) is 24.5 Å². The topological polar surface area (TPSA) is 61.8 Å². The minimum atomic E-state index is -0.473. The van der Waals surface area contributed by atoms with Crippen molar-refractivity contribution in [3.8, 4) is 0 Å². The lowest BCUT2D eigenvalue weighted by Crippen LogP contribution is -2.33. The Bertz CT molecular complexity index is 1160. The van der Waals surface area contributed by atoms with Gasteiger partial charge in [-0.05, 0) is 55.5 Å². The smallest absolute Gasteiger partial charge is 0.242 e. The molecule has 1 N–H and O–H groups in total. The van der Waals surface area contributed by atoms with E-state index in [4.69, 9.17) is 4.99 Å². The summed E-state index contributed by atoms with van der Waals surface area (Å²) >= 11 is 1.37. The Balaban J connectivity index is 1.54. The van der Waals surface area contributed by atoms with Crippen LogP contribution in [0.3, 0.4) is 0 Å². The second kappa shape index (κ2) is 8.94. The van der Waals surface area contributed by atoms with Gasteiger partial charge < -0.3 is 5.32 Å². The summed E-state index contributed by atoms with van der Waals surface area (Å²) in [4.78, 5) is 32.1. The molecular weight excluding hydrogens is 406 g/mol. The van der Waals surface area contributed by atoms with Crippen molar-refractivity contribution in [3.63, 3.8) is 0 Å². The Hall–Kier alpha value is -3.12. The third-order valence-electron chi connectivity index (χ3n) is 5.20. The summed E-state index contributed by atoms with van der Waals surface area (Å²) in [5, 5.41) is 5.25. The van der Waals surface area contributed by atoms with E-state index in [-0.39, 0.29) is 18.2 Å². The molecule has 3 aromatic rings. The highest BCUT2D eigenvalue weighted by Crippen LogP contribution is 2.34. The molecule has 2 amide bonds. The first-order valence-electron chi connectivity index (χ1n) is 10.4. The molecule has 1 atom stereocenters. The number of carbonyl (C=O) groups excluding carboxylic acids is 2. The van der Waals surface area contributed by atoms with Crippen LogP contribution in [0, 0.1) is 13.8 Å². The Kier molecular flexibility index (Phi) is 6.09. The van der Waals surface area contributed by atoms with Crippen molar-refractivity contribution in [2.24, 2.45) is 4.99 Å². The minimum absolute atomic E-state index is 0.0675. The van der Waals surface area contributed by atoms with Crippen molar-refractivity contribution in [1.82, 2.24) is 4.90 Å². The van der Waals surface area contributed by atoms with Crippen LogP contribution in [0.2, 0.25) is 0 Å². The number of amidine groups is 1. The first-order chi connectivity index (χ1) is 14.9. The average Bonchev–Trinajstić information content (AvgIpc) is 3.01. The first-order valence-corrected chi connectivity index (χ1v) is 11.2. The van der Waals surface area contributed by atoms with Gasteiger partial charge in [-0.1, -0.05) is 54.2 Å². The molecule has 1 aliphatic heterocycles. The fourth-order valence-corrected chi connectivity index (χ4v) is 5.07. The highest BCUT2D eigenvalue weighted by molar-refractivity contribution is 8.15. The molecule has 0 aliphatic carbocycles.